The summed E-state index contributed by atoms with van der Waals surface area (Å²) in [5.74, 6) is 0.631. The van der Waals surface area contributed by atoms with Crippen molar-refractivity contribution >= 4 is 23.4 Å². The van der Waals surface area contributed by atoms with Crippen molar-refractivity contribution in [3.63, 3.8) is 0 Å². The summed E-state index contributed by atoms with van der Waals surface area (Å²) in [6.45, 7) is 4.23. The van der Waals surface area contributed by atoms with Crippen LogP contribution in [0.25, 0.3) is 0 Å². The van der Waals surface area contributed by atoms with Crippen molar-refractivity contribution in [3.05, 3.63) is 87.8 Å². The number of benzene rings is 2. The number of anilines is 1. The lowest BCUT2D eigenvalue weighted by Gasteiger charge is -2.15. The molecule has 6 heteroatoms. The lowest BCUT2D eigenvalue weighted by atomic mass is 10.1. The molecular formula is C24H26N2O3S. The van der Waals surface area contributed by atoms with Crippen LogP contribution in [0.2, 0.25) is 0 Å². The molecule has 0 radical (unpaired) electrons. The van der Waals surface area contributed by atoms with Crippen LogP contribution >= 0.6 is 11.8 Å². The highest BCUT2D eigenvalue weighted by Crippen LogP contribution is 2.23. The Hall–Kier alpha value is -2.99. The summed E-state index contributed by atoms with van der Waals surface area (Å²) in [5.41, 5.74) is 3.74. The van der Waals surface area contributed by atoms with Crippen LogP contribution in [0.3, 0.4) is 0 Å². The van der Waals surface area contributed by atoms with Gasteiger partial charge in [0.25, 0.3) is 0 Å². The Bertz CT molecular complexity index is 1060. The zero-order valence-corrected chi connectivity index (χ0v) is 18.3. The van der Waals surface area contributed by atoms with Crippen molar-refractivity contribution in [3.8, 4) is 5.75 Å². The van der Waals surface area contributed by atoms with Crippen LogP contribution in [0, 0.1) is 6.92 Å². The van der Waals surface area contributed by atoms with Crippen LogP contribution in [-0.4, -0.2) is 17.6 Å². The molecule has 0 atom stereocenters. The summed E-state index contributed by atoms with van der Waals surface area (Å²) in [7, 11) is 1.46. The van der Waals surface area contributed by atoms with Crippen LogP contribution in [0.1, 0.15) is 23.7 Å². The average Bonchev–Trinajstić information content (AvgIpc) is 2.75. The number of hydrogen-bond acceptors (Lipinski definition) is 4. The number of thioether (sulfide) groups is 1. The molecule has 1 amide bonds. The van der Waals surface area contributed by atoms with Crippen molar-refractivity contribution < 1.29 is 9.53 Å². The molecule has 30 heavy (non-hydrogen) atoms. The molecule has 3 aromatic rings. The second-order valence-electron chi connectivity index (χ2n) is 7.03. The topological polar surface area (TPSA) is 60.3 Å². The van der Waals surface area contributed by atoms with E-state index in [1.54, 1.807) is 28.6 Å². The standard InChI is InChI=1S/C24H26N2O3S/c1-4-18-7-9-19(10-8-18)25-24(28)15-26-14-23(29-3)22(27)13-20(26)16-30-21-11-5-17(2)6-12-21/h5-14H,4,15-16H2,1-3H3,(H,25,28). The number of rotatable bonds is 8. The minimum Gasteiger partial charge on any atom is -0.491 e. The van der Waals surface area contributed by atoms with Gasteiger partial charge in [-0.25, -0.2) is 0 Å². The first-order valence-electron chi connectivity index (χ1n) is 9.84. The summed E-state index contributed by atoms with van der Waals surface area (Å²) in [6.07, 6.45) is 2.56. The number of nitrogens with zero attached hydrogens (tertiary/aromatic N) is 1. The maximum Gasteiger partial charge on any atom is 0.244 e. The van der Waals surface area contributed by atoms with E-state index in [-0.39, 0.29) is 23.6 Å². The molecule has 5 nitrogen and oxygen atoms in total. The smallest absolute Gasteiger partial charge is 0.244 e. The van der Waals surface area contributed by atoms with E-state index in [0.29, 0.717) is 5.75 Å². The largest absolute Gasteiger partial charge is 0.491 e. The minimum absolute atomic E-state index is 0.0932. The quantitative estimate of drug-likeness (QED) is 0.537. The third kappa shape index (κ3) is 5.76. The van der Waals surface area contributed by atoms with Gasteiger partial charge in [-0.1, -0.05) is 36.8 Å². The third-order valence-electron chi connectivity index (χ3n) is 4.77. The number of carbonyl (C=O) groups excluding carboxylic acids is 1. The molecule has 0 spiro atoms. The molecule has 1 aromatic heterocycles. The van der Waals surface area contributed by atoms with Crippen LogP contribution in [-0.2, 0) is 23.5 Å². The third-order valence-corrected chi connectivity index (χ3v) is 5.82. The fraction of sp³-hybridized carbons (Fsp3) is 0.250. The zero-order chi connectivity index (χ0) is 21.5. The zero-order valence-electron chi connectivity index (χ0n) is 17.5. The number of amides is 1. The van der Waals surface area contributed by atoms with Gasteiger partial charge in [-0.2, -0.15) is 0 Å². The van der Waals surface area contributed by atoms with Gasteiger partial charge in [-0.05, 0) is 43.2 Å². The summed E-state index contributed by atoms with van der Waals surface area (Å²) in [6, 6.07) is 17.6. The van der Waals surface area contributed by atoms with Gasteiger partial charge in [0.2, 0.25) is 11.3 Å². The van der Waals surface area contributed by atoms with E-state index in [4.69, 9.17) is 4.74 Å². The second kappa shape index (κ2) is 10.2. The van der Waals surface area contributed by atoms with Gasteiger partial charge in [0.1, 0.15) is 6.54 Å². The predicted molar refractivity (Wildman–Crippen MR) is 122 cm³/mol. The Kier molecular flexibility index (Phi) is 7.36. The second-order valence-corrected chi connectivity index (χ2v) is 8.07. The Balaban J connectivity index is 1.76. The molecule has 0 unspecified atom stereocenters. The maximum absolute atomic E-state index is 12.6. The highest BCUT2D eigenvalue weighted by molar-refractivity contribution is 7.98. The first-order chi connectivity index (χ1) is 14.5. The summed E-state index contributed by atoms with van der Waals surface area (Å²) < 4.78 is 6.95. The molecule has 0 aliphatic carbocycles. The fourth-order valence-corrected chi connectivity index (χ4v) is 3.88. The highest BCUT2D eigenvalue weighted by Gasteiger charge is 2.12. The van der Waals surface area contributed by atoms with Gasteiger partial charge in [0, 0.05) is 28.1 Å². The first kappa shape index (κ1) is 21.7. The number of nitrogens with one attached hydrogen (secondary N) is 1. The molecule has 2 aromatic carbocycles. The Labute approximate surface area is 181 Å². The van der Waals surface area contributed by atoms with Crippen LogP contribution < -0.4 is 15.5 Å². The van der Waals surface area contributed by atoms with Gasteiger partial charge in [-0.15, -0.1) is 11.8 Å². The molecule has 0 saturated heterocycles. The summed E-state index contributed by atoms with van der Waals surface area (Å²) in [5, 5.41) is 2.92. The number of carbonyl (C=O) groups is 1. The Morgan fingerprint density at radius 1 is 1.10 bits per heavy atom. The van der Waals surface area contributed by atoms with Gasteiger partial charge in [0.05, 0.1) is 13.3 Å². The van der Waals surface area contributed by atoms with E-state index in [1.807, 2.05) is 31.2 Å². The molecule has 156 valence electrons. The van der Waals surface area contributed by atoms with Crippen LogP contribution in [0.5, 0.6) is 5.75 Å². The SMILES string of the molecule is CCc1ccc(NC(=O)Cn2cc(OC)c(=O)cc2CSc2ccc(C)cc2)cc1. The number of methoxy groups -OCH3 is 1. The van der Waals surface area contributed by atoms with Crippen molar-refractivity contribution in [2.45, 2.75) is 37.5 Å². The fourth-order valence-electron chi connectivity index (χ4n) is 2.99. The lowest BCUT2D eigenvalue weighted by molar-refractivity contribution is -0.116. The van der Waals surface area contributed by atoms with Gasteiger partial charge >= 0.3 is 0 Å². The van der Waals surface area contributed by atoms with E-state index >= 15 is 0 Å². The lowest BCUT2D eigenvalue weighted by Crippen LogP contribution is -2.22. The van der Waals surface area contributed by atoms with E-state index in [2.05, 4.69) is 36.5 Å². The number of aromatic nitrogens is 1. The summed E-state index contributed by atoms with van der Waals surface area (Å²) >= 11 is 1.62. The Morgan fingerprint density at radius 3 is 2.43 bits per heavy atom. The number of hydrogen-bond donors (Lipinski definition) is 1. The molecule has 0 fully saturated rings. The van der Waals surface area contributed by atoms with E-state index in [0.717, 1.165) is 22.7 Å². The normalized spacial score (nSPS) is 10.6. The first-order valence-corrected chi connectivity index (χ1v) is 10.8. The van der Waals surface area contributed by atoms with E-state index in [9.17, 15) is 9.59 Å². The number of ether oxygens (including phenoxy) is 1. The monoisotopic (exact) mass is 422 g/mol. The Morgan fingerprint density at radius 2 is 1.80 bits per heavy atom. The predicted octanol–water partition coefficient (Wildman–Crippen LogP) is 4.66. The average molecular weight is 423 g/mol. The van der Waals surface area contributed by atoms with Gasteiger partial charge < -0.3 is 14.6 Å². The summed E-state index contributed by atoms with van der Waals surface area (Å²) in [4.78, 5) is 26.0. The van der Waals surface area contributed by atoms with Gasteiger partial charge in [0.15, 0.2) is 5.75 Å². The number of aryl methyl sites for hydroxylation is 2. The van der Waals surface area contributed by atoms with Crippen molar-refractivity contribution in [2.75, 3.05) is 12.4 Å². The molecule has 1 heterocycles. The van der Waals surface area contributed by atoms with Crippen molar-refractivity contribution in [2.24, 2.45) is 0 Å². The van der Waals surface area contributed by atoms with E-state index in [1.165, 1.54) is 18.2 Å². The van der Waals surface area contributed by atoms with E-state index < -0.39 is 0 Å². The van der Waals surface area contributed by atoms with Crippen molar-refractivity contribution in [1.82, 2.24) is 4.57 Å². The highest BCUT2D eigenvalue weighted by atomic mass is 32.2. The molecule has 0 aliphatic rings. The van der Waals surface area contributed by atoms with Crippen LogP contribution in [0.15, 0.2) is 70.5 Å². The molecule has 0 bridgehead atoms. The van der Waals surface area contributed by atoms with Crippen molar-refractivity contribution in [1.29, 1.82) is 0 Å². The van der Waals surface area contributed by atoms with Gasteiger partial charge in [-0.3, -0.25) is 9.59 Å². The maximum atomic E-state index is 12.6. The molecule has 3 rings (SSSR count). The number of pyridine rings is 1. The molecule has 0 aliphatic heterocycles. The minimum atomic E-state index is -0.191. The molecule has 0 saturated carbocycles. The van der Waals surface area contributed by atoms with Crippen LogP contribution in [0.4, 0.5) is 5.69 Å². The molecule has 1 N–H and O–H groups in total. The molecular weight excluding hydrogens is 396 g/mol.